The lowest BCUT2D eigenvalue weighted by Gasteiger charge is -2.16. The molecule has 188 valence electrons. The molecule has 2 aromatic carbocycles. The summed E-state index contributed by atoms with van der Waals surface area (Å²) in [7, 11) is 0. The highest BCUT2D eigenvalue weighted by Gasteiger charge is 2.18. The van der Waals surface area contributed by atoms with Crippen molar-refractivity contribution in [3.05, 3.63) is 89.8 Å². The molecular formula is C29H29FO6. The van der Waals surface area contributed by atoms with Crippen LogP contribution in [0.25, 0.3) is 11.1 Å². The zero-order valence-electron chi connectivity index (χ0n) is 21.1. The van der Waals surface area contributed by atoms with E-state index in [0.717, 1.165) is 11.1 Å². The van der Waals surface area contributed by atoms with Crippen molar-refractivity contribution in [1.82, 2.24) is 0 Å². The molecule has 0 atom stereocenters. The summed E-state index contributed by atoms with van der Waals surface area (Å²) >= 11 is 0. The van der Waals surface area contributed by atoms with Gasteiger partial charge in [0.1, 0.15) is 0 Å². The molecule has 0 aliphatic rings. The smallest absolute Gasteiger partial charge is 0.338 e. The number of benzene rings is 2. The number of hydrogen-bond donors (Lipinski definition) is 0. The van der Waals surface area contributed by atoms with Gasteiger partial charge in [-0.15, -0.1) is 0 Å². The van der Waals surface area contributed by atoms with Crippen LogP contribution in [-0.2, 0) is 14.4 Å². The fourth-order valence-corrected chi connectivity index (χ4v) is 3.10. The molecule has 0 saturated carbocycles. The third-order valence-electron chi connectivity index (χ3n) is 5.12. The zero-order valence-corrected chi connectivity index (χ0v) is 21.1. The molecule has 0 spiro atoms. The van der Waals surface area contributed by atoms with Crippen molar-refractivity contribution >= 4 is 29.1 Å². The summed E-state index contributed by atoms with van der Waals surface area (Å²) in [6.07, 6.45) is 0.554. The van der Waals surface area contributed by atoms with Gasteiger partial charge in [-0.05, 0) is 80.7 Å². The molecule has 2 aromatic rings. The Morgan fingerprint density at radius 2 is 1.14 bits per heavy atom. The maximum atomic E-state index is 14.7. The molecule has 0 aromatic heterocycles. The van der Waals surface area contributed by atoms with E-state index in [9.17, 15) is 18.8 Å². The van der Waals surface area contributed by atoms with Crippen molar-refractivity contribution in [2.75, 3.05) is 0 Å². The monoisotopic (exact) mass is 492 g/mol. The minimum Gasteiger partial charge on any atom is -0.420 e. The minimum absolute atomic E-state index is 0.0297. The van der Waals surface area contributed by atoms with E-state index < -0.39 is 23.7 Å². The van der Waals surface area contributed by atoms with Gasteiger partial charge in [-0.3, -0.25) is 0 Å². The van der Waals surface area contributed by atoms with E-state index in [0.29, 0.717) is 17.5 Å². The first-order valence-corrected chi connectivity index (χ1v) is 11.1. The van der Waals surface area contributed by atoms with Crippen LogP contribution in [0.5, 0.6) is 17.2 Å². The first-order chi connectivity index (χ1) is 16.8. The van der Waals surface area contributed by atoms with Crippen LogP contribution < -0.4 is 14.2 Å². The second kappa shape index (κ2) is 11.9. The van der Waals surface area contributed by atoms with Gasteiger partial charge in [0.25, 0.3) is 0 Å². The first kappa shape index (κ1) is 28.0. The summed E-state index contributed by atoms with van der Waals surface area (Å²) < 4.78 is 30.4. The lowest BCUT2D eigenvalue weighted by molar-refractivity contribution is -0.132. The molecule has 0 aliphatic heterocycles. The molecule has 0 N–H and O–H groups in total. The van der Waals surface area contributed by atoms with E-state index in [1.165, 1.54) is 39.0 Å². The van der Waals surface area contributed by atoms with Crippen LogP contribution in [0.4, 0.5) is 4.39 Å². The van der Waals surface area contributed by atoms with E-state index in [1.54, 1.807) is 18.2 Å². The van der Waals surface area contributed by atoms with Crippen LogP contribution in [0.3, 0.4) is 0 Å². The average molecular weight is 493 g/mol. The van der Waals surface area contributed by atoms with Gasteiger partial charge >= 0.3 is 17.9 Å². The van der Waals surface area contributed by atoms with Crippen molar-refractivity contribution in [1.29, 1.82) is 0 Å². The molecule has 0 fully saturated rings. The molecular weight excluding hydrogens is 463 g/mol. The second-order valence-electron chi connectivity index (χ2n) is 8.27. The Bertz CT molecular complexity index is 1300. The van der Waals surface area contributed by atoms with Crippen LogP contribution in [0, 0.1) is 5.82 Å². The maximum Gasteiger partial charge on any atom is 0.338 e. The summed E-state index contributed by atoms with van der Waals surface area (Å²) in [5, 5.41) is 0. The standard InChI is InChI=1S/C29H29FO6/c1-9-22(19(8)20-10-12-24(23(30)14-20)34-27(31)16(2)3)21-11-13-25(35-28(32)17(4)5)26(15-21)36-29(33)18(6)7/h10-15H,2,4,6,9H2,1,3,5,7-8H3. The highest BCUT2D eigenvalue weighted by molar-refractivity contribution is 5.93. The summed E-state index contributed by atoms with van der Waals surface area (Å²) in [6.45, 7) is 18.8. The van der Waals surface area contributed by atoms with Crippen LogP contribution in [0.2, 0.25) is 0 Å². The highest BCUT2D eigenvalue weighted by Crippen LogP contribution is 2.36. The van der Waals surface area contributed by atoms with Crippen LogP contribution in [-0.4, -0.2) is 17.9 Å². The first-order valence-electron chi connectivity index (χ1n) is 11.1. The summed E-state index contributed by atoms with van der Waals surface area (Å²) in [5.74, 6) is -2.88. The van der Waals surface area contributed by atoms with E-state index in [4.69, 9.17) is 14.2 Å². The quantitative estimate of drug-likeness (QED) is 0.170. The van der Waals surface area contributed by atoms with Gasteiger partial charge < -0.3 is 14.2 Å². The minimum atomic E-state index is -0.715. The molecule has 0 bridgehead atoms. The van der Waals surface area contributed by atoms with Gasteiger partial charge in [0.2, 0.25) is 0 Å². The Morgan fingerprint density at radius 1 is 0.694 bits per heavy atom. The number of hydrogen-bond acceptors (Lipinski definition) is 6. The molecule has 6 nitrogen and oxygen atoms in total. The third-order valence-corrected chi connectivity index (χ3v) is 5.12. The number of carbonyl (C=O) groups excluding carboxylic acids is 3. The van der Waals surface area contributed by atoms with Crippen molar-refractivity contribution in [2.24, 2.45) is 0 Å². The highest BCUT2D eigenvalue weighted by atomic mass is 19.1. The maximum absolute atomic E-state index is 14.7. The number of ether oxygens (including phenoxy) is 3. The molecule has 0 heterocycles. The topological polar surface area (TPSA) is 78.9 Å². The number of rotatable bonds is 9. The lowest BCUT2D eigenvalue weighted by atomic mass is 9.93. The Morgan fingerprint density at radius 3 is 1.61 bits per heavy atom. The molecule has 7 heteroatoms. The molecule has 2 rings (SSSR count). The Labute approximate surface area is 210 Å². The van der Waals surface area contributed by atoms with Gasteiger partial charge in [0, 0.05) is 16.7 Å². The lowest BCUT2D eigenvalue weighted by Crippen LogP contribution is -2.13. The average Bonchev–Trinajstić information content (AvgIpc) is 2.81. The molecule has 0 amide bonds. The molecule has 0 unspecified atom stereocenters. The van der Waals surface area contributed by atoms with Gasteiger partial charge in [-0.1, -0.05) is 38.8 Å². The number of halogens is 1. The Balaban J connectivity index is 2.54. The molecule has 0 aliphatic carbocycles. The zero-order chi connectivity index (χ0) is 27.2. The van der Waals surface area contributed by atoms with E-state index in [2.05, 4.69) is 19.7 Å². The number of carbonyl (C=O) groups is 3. The predicted molar refractivity (Wildman–Crippen MR) is 137 cm³/mol. The van der Waals surface area contributed by atoms with Crippen LogP contribution in [0.1, 0.15) is 52.2 Å². The molecule has 36 heavy (non-hydrogen) atoms. The fraction of sp³-hybridized carbons (Fsp3) is 0.207. The normalized spacial score (nSPS) is 11.2. The van der Waals surface area contributed by atoms with Gasteiger partial charge in [0.15, 0.2) is 23.1 Å². The second-order valence-corrected chi connectivity index (χ2v) is 8.27. The van der Waals surface area contributed by atoms with Gasteiger partial charge in [-0.2, -0.15) is 0 Å². The van der Waals surface area contributed by atoms with Crippen molar-refractivity contribution in [2.45, 2.75) is 41.0 Å². The van der Waals surface area contributed by atoms with Crippen LogP contribution in [0.15, 0.2) is 72.9 Å². The van der Waals surface area contributed by atoms with E-state index in [1.807, 2.05) is 13.8 Å². The number of allylic oxidation sites excluding steroid dienone is 2. The van der Waals surface area contributed by atoms with Crippen molar-refractivity contribution < 1.29 is 33.0 Å². The van der Waals surface area contributed by atoms with E-state index in [-0.39, 0.29) is 34.0 Å². The Hall–Kier alpha value is -4.26. The summed E-state index contributed by atoms with van der Waals surface area (Å²) in [6, 6.07) is 9.09. The summed E-state index contributed by atoms with van der Waals surface area (Å²) in [5.41, 5.74) is 3.32. The molecule has 0 radical (unpaired) electrons. The fourth-order valence-electron chi connectivity index (χ4n) is 3.10. The predicted octanol–water partition coefficient (Wildman–Crippen LogP) is 6.61. The largest absolute Gasteiger partial charge is 0.420 e. The summed E-state index contributed by atoms with van der Waals surface area (Å²) in [4.78, 5) is 36.0. The van der Waals surface area contributed by atoms with Crippen LogP contribution >= 0.6 is 0 Å². The molecule has 0 saturated heterocycles. The van der Waals surface area contributed by atoms with E-state index >= 15 is 0 Å². The van der Waals surface area contributed by atoms with Crippen molar-refractivity contribution in [3.8, 4) is 17.2 Å². The SMILES string of the molecule is C=C(C)C(=O)Oc1ccc(C(C)=C(CC)c2ccc(OC(=O)C(=C)C)c(OC(=O)C(=C)C)c2)cc1F. The van der Waals surface area contributed by atoms with Gasteiger partial charge in [0.05, 0.1) is 0 Å². The van der Waals surface area contributed by atoms with Gasteiger partial charge in [-0.25, -0.2) is 18.8 Å². The third kappa shape index (κ3) is 6.88. The number of esters is 3. The van der Waals surface area contributed by atoms with Crippen molar-refractivity contribution in [3.63, 3.8) is 0 Å². The Kier molecular flexibility index (Phi) is 9.27.